The van der Waals surface area contributed by atoms with Crippen molar-refractivity contribution in [1.82, 2.24) is 9.88 Å². The number of hydrogen-bond donors (Lipinski definition) is 1. The lowest BCUT2D eigenvalue weighted by Crippen LogP contribution is -2.49. The molecule has 1 aliphatic carbocycles. The number of nitrogens with one attached hydrogen (secondary N) is 1. The van der Waals surface area contributed by atoms with Gasteiger partial charge in [-0.25, -0.2) is 0 Å². The van der Waals surface area contributed by atoms with E-state index in [9.17, 15) is 9.59 Å². The molecule has 5 heteroatoms. The van der Waals surface area contributed by atoms with Crippen LogP contribution in [0.1, 0.15) is 50.5 Å². The topological polar surface area (TPSA) is 56.4 Å². The van der Waals surface area contributed by atoms with Crippen LogP contribution in [-0.4, -0.2) is 47.8 Å². The fourth-order valence-electron chi connectivity index (χ4n) is 4.21. The van der Waals surface area contributed by atoms with Crippen molar-refractivity contribution >= 4 is 17.4 Å². The lowest BCUT2D eigenvalue weighted by Gasteiger charge is -2.36. The minimum Gasteiger partial charge on any atom is -0.368 e. The molecule has 2 heterocycles. The van der Waals surface area contributed by atoms with Crippen LogP contribution < -0.4 is 4.90 Å². The first-order chi connectivity index (χ1) is 12.6. The van der Waals surface area contributed by atoms with Crippen LogP contribution in [0.3, 0.4) is 0 Å². The van der Waals surface area contributed by atoms with Gasteiger partial charge < -0.3 is 14.8 Å². The first-order valence-electron chi connectivity index (χ1n) is 9.40. The minimum absolute atomic E-state index is 0.0223. The zero-order valence-corrected chi connectivity index (χ0v) is 15.5. The highest BCUT2D eigenvalue weighted by Gasteiger charge is 2.30. The summed E-state index contributed by atoms with van der Waals surface area (Å²) in [5, 5.41) is 0. The number of H-pyrrole nitrogens is 1. The lowest BCUT2D eigenvalue weighted by molar-refractivity contribution is 0.0740. The number of amides is 1. The number of benzene rings is 1. The molecule has 1 N–H and O–H groups in total. The normalized spacial score (nSPS) is 17.4. The van der Waals surface area contributed by atoms with E-state index in [1.165, 1.54) is 11.3 Å². The molecule has 4 rings (SSSR count). The summed E-state index contributed by atoms with van der Waals surface area (Å²) in [6.07, 6.45) is 2.32. The third-order valence-corrected chi connectivity index (χ3v) is 5.67. The van der Waals surface area contributed by atoms with Gasteiger partial charge in [0.05, 0.1) is 0 Å². The van der Waals surface area contributed by atoms with Crippen LogP contribution in [0.2, 0.25) is 0 Å². The molecule has 2 aliphatic rings. The van der Waals surface area contributed by atoms with Gasteiger partial charge in [0.25, 0.3) is 5.91 Å². The Balaban J connectivity index is 1.49. The van der Waals surface area contributed by atoms with Crippen molar-refractivity contribution in [3.8, 4) is 0 Å². The molecular weight excluding hydrogens is 326 g/mol. The molecule has 1 aromatic heterocycles. The van der Waals surface area contributed by atoms with E-state index in [1.807, 2.05) is 11.8 Å². The highest BCUT2D eigenvalue weighted by molar-refractivity contribution is 6.04. The van der Waals surface area contributed by atoms with E-state index in [-0.39, 0.29) is 11.7 Å². The zero-order chi connectivity index (χ0) is 18.3. The van der Waals surface area contributed by atoms with E-state index in [2.05, 4.69) is 41.1 Å². The van der Waals surface area contributed by atoms with E-state index >= 15 is 0 Å². The van der Waals surface area contributed by atoms with E-state index in [0.717, 1.165) is 42.8 Å². The number of aromatic nitrogens is 1. The first kappa shape index (κ1) is 16.9. The number of para-hydroxylation sites is 1. The van der Waals surface area contributed by atoms with Crippen molar-refractivity contribution in [1.29, 1.82) is 0 Å². The van der Waals surface area contributed by atoms with Gasteiger partial charge in [0.1, 0.15) is 5.69 Å². The molecule has 0 atom stereocenters. The predicted molar refractivity (Wildman–Crippen MR) is 102 cm³/mol. The SMILES string of the molecule is Cc1ccccc1N1CCN(C(=O)c2[nH]c3c(c2C)C(=O)CCC3)CC1. The number of aryl methyl sites for hydroxylation is 2. The van der Waals surface area contributed by atoms with Gasteiger partial charge in [0.2, 0.25) is 0 Å². The van der Waals surface area contributed by atoms with E-state index in [0.29, 0.717) is 25.2 Å². The van der Waals surface area contributed by atoms with E-state index < -0.39 is 0 Å². The average Bonchev–Trinajstić information content (AvgIpc) is 3.00. The summed E-state index contributed by atoms with van der Waals surface area (Å²) in [6, 6.07) is 8.37. The summed E-state index contributed by atoms with van der Waals surface area (Å²) in [7, 11) is 0. The van der Waals surface area contributed by atoms with Crippen molar-refractivity contribution in [2.75, 3.05) is 31.1 Å². The Labute approximate surface area is 154 Å². The fraction of sp³-hybridized carbons (Fsp3) is 0.429. The quantitative estimate of drug-likeness (QED) is 0.904. The van der Waals surface area contributed by atoms with Crippen molar-refractivity contribution in [3.05, 3.63) is 52.3 Å². The van der Waals surface area contributed by atoms with Gasteiger partial charge in [0, 0.05) is 49.5 Å². The van der Waals surface area contributed by atoms with Gasteiger partial charge in [-0.2, -0.15) is 0 Å². The second kappa shape index (κ2) is 6.63. The van der Waals surface area contributed by atoms with Crippen LogP contribution in [0.4, 0.5) is 5.69 Å². The number of ketones is 1. The number of nitrogens with zero attached hydrogens (tertiary/aromatic N) is 2. The molecule has 0 unspecified atom stereocenters. The van der Waals surface area contributed by atoms with Gasteiger partial charge >= 0.3 is 0 Å². The van der Waals surface area contributed by atoms with Gasteiger partial charge in [0.15, 0.2) is 5.78 Å². The minimum atomic E-state index is 0.0223. The summed E-state index contributed by atoms with van der Waals surface area (Å²) in [5.74, 6) is 0.192. The smallest absolute Gasteiger partial charge is 0.270 e. The molecule has 1 aromatic carbocycles. The fourth-order valence-corrected chi connectivity index (χ4v) is 4.21. The number of carbonyl (C=O) groups excluding carboxylic acids is 2. The average molecular weight is 351 g/mol. The van der Waals surface area contributed by atoms with Crippen molar-refractivity contribution < 1.29 is 9.59 Å². The second-order valence-corrected chi connectivity index (χ2v) is 7.32. The molecule has 136 valence electrons. The summed E-state index contributed by atoms with van der Waals surface area (Å²) >= 11 is 0. The largest absolute Gasteiger partial charge is 0.368 e. The van der Waals surface area contributed by atoms with Crippen LogP contribution >= 0.6 is 0 Å². The maximum Gasteiger partial charge on any atom is 0.270 e. The van der Waals surface area contributed by atoms with Crippen LogP contribution in [0.25, 0.3) is 0 Å². The Morgan fingerprint density at radius 2 is 1.77 bits per heavy atom. The summed E-state index contributed by atoms with van der Waals surface area (Å²) in [5.41, 5.74) is 5.65. The van der Waals surface area contributed by atoms with Crippen LogP contribution in [-0.2, 0) is 6.42 Å². The molecule has 0 spiro atoms. The van der Waals surface area contributed by atoms with Crippen molar-refractivity contribution in [3.63, 3.8) is 0 Å². The number of piperazine rings is 1. The third kappa shape index (κ3) is 2.81. The Morgan fingerprint density at radius 1 is 1.04 bits per heavy atom. The molecule has 26 heavy (non-hydrogen) atoms. The molecule has 1 saturated heterocycles. The summed E-state index contributed by atoms with van der Waals surface area (Å²) in [6.45, 7) is 7.07. The molecule has 5 nitrogen and oxygen atoms in total. The highest BCUT2D eigenvalue weighted by Crippen LogP contribution is 2.28. The Hall–Kier alpha value is -2.56. The monoisotopic (exact) mass is 351 g/mol. The number of Topliss-reactive ketones (excluding diaryl/α,β-unsaturated/α-hetero) is 1. The van der Waals surface area contributed by atoms with Gasteiger partial charge in [-0.3, -0.25) is 9.59 Å². The molecule has 1 fully saturated rings. The zero-order valence-electron chi connectivity index (χ0n) is 15.5. The van der Waals surface area contributed by atoms with E-state index in [1.54, 1.807) is 0 Å². The van der Waals surface area contributed by atoms with Crippen LogP contribution in [0.15, 0.2) is 24.3 Å². The van der Waals surface area contributed by atoms with Crippen LogP contribution in [0, 0.1) is 13.8 Å². The molecule has 0 radical (unpaired) electrons. The number of anilines is 1. The van der Waals surface area contributed by atoms with Crippen LogP contribution in [0.5, 0.6) is 0 Å². The number of carbonyl (C=O) groups is 2. The molecule has 0 saturated carbocycles. The predicted octanol–water partition coefficient (Wildman–Crippen LogP) is 3.11. The van der Waals surface area contributed by atoms with Crippen molar-refractivity contribution in [2.45, 2.75) is 33.1 Å². The summed E-state index contributed by atoms with van der Waals surface area (Å²) in [4.78, 5) is 32.7. The standard InChI is InChI=1S/C21H25N3O2/c1-14-6-3-4-8-17(14)23-10-12-24(13-11-23)21(26)20-15(2)19-16(22-20)7-5-9-18(19)25/h3-4,6,8,22H,5,7,9-13H2,1-2H3. The number of rotatable bonds is 2. The molecule has 1 aliphatic heterocycles. The number of fused-ring (bicyclic) bond motifs is 1. The Morgan fingerprint density at radius 3 is 2.46 bits per heavy atom. The Bertz CT molecular complexity index is 860. The first-order valence-corrected chi connectivity index (χ1v) is 9.40. The van der Waals surface area contributed by atoms with Gasteiger partial charge in [-0.15, -0.1) is 0 Å². The molecule has 0 bridgehead atoms. The van der Waals surface area contributed by atoms with E-state index in [4.69, 9.17) is 0 Å². The lowest BCUT2D eigenvalue weighted by atomic mass is 9.93. The highest BCUT2D eigenvalue weighted by atomic mass is 16.2. The number of hydrogen-bond acceptors (Lipinski definition) is 3. The molecule has 2 aromatic rings. The van der Waals surface area contributed by atoms with Crippen molar-refractivity contribution in [2.24, 2.45) is 0 Å². The van der Waals surface area contributed by atoms with Gasteiger partial charge in [-0.05, 0) is 43.9 Å². The number of aromatic amines is 1. The second-order valence-electron chi connectivity index (χ2n) is 7.32. The third-order valence-electron chi connectivity index (χ3n) is 5.67. The molecular formula is C21H25N3O2. The maximum atomic E-state index is 13.0. The molecule has 1 amide bonds. The summed E-state index contributed by atoms with van der Waals surface area (Å²) < 4.78 is 0. The van der Waals surface area contributed by atoms with Gasteiger partial charge in [-0.1, -0.05) is 18.2 Å². The Kier molecular flexibility index (Phi) is 4.31. The maximum absolute atomic E-state index is 13.0.